The molecule has 0 amide bonds. The molecule has 1 aromatic rings. The quantitative estimate of drug-likeness (QED) is 0.809. The van der Waals surface area contributed by atoms with Crippen molar-refractivity contribution in [1.82, 2.24) is 9.97 Å². The summed E-state index contributed by atoms with van der Waals surface area (Å²) in [5.41, 5.74) is 2.69. The third-order valence-corrected chi connectivity index (χ3v) is 3.13. The number of aromatic amines is 1. The molecule has 2 heteroatoms. The van der Waals surface area contributed by atoms with E-state index in [4.69, 9.17) is 4.98 Å². The summed E-state index contributed by atoms with van der Waals surface area (Å²) in [5.74, 6) is 2.16. The summed E-state index contributed by atoms with van der Waals surface area (Å²) in [5, 5.41) is 0. The van der Waals surface area contributed by atoms with E-state index in [2.05, 4.69) is 53.5 Å². The van der Waals surface area contributed by atoms with Crippen LogP contribution in [0.1, 0.15) is 83.9 Å². The van der Waals surface area contributed by atoms with Crippen LogP contribution in [0.2, 0.25) is 0 Å². The molecule has 16 heavy (non-hydrogen) atoms. The Morgan fingerprint density at radius 1 is 1.19 bits per heavy atom. The van der Waals surface area contributed by atoms with Gasteiger partial charge in [0.25, 0.3) is 0 Å². The van der Waals surface area contributed by atoms with Crippen LogP contribution in [0.3, 0.4) is 0 Å². The fraction of sp³-hybridized carbons (Fsp3) is 0.786. The highest BCUT2D eigenvalue weighted by Gasteiger charge is 2.24. The molecule has 0 radical (unpaired) electrons. The molecule has 1 aromatic heterocycles. The zero-order chi connectivity index (χ0) is 12.5. The van der Waals surface area contributed by atoms with Gasteiger partial charge in [0.15, 0.2) is 0 Å². The fourth-order valence-corrected chi connectivity index (χ4v) is 1.82. The molecule has 0 spiro atoms. The average molecular weight is 222 g/mol. The molecule has 1 N–H and O–H groups in total. The Hall–Kier alpha value is -0.790. The average Bonchev–Trinajstić information content (AvgIpc) is 2.60. The highest BCUT2D eigenvalue weighted by atomic mass is 15.0. The summed E-state index contributed by atoms with van der Waals surface area (Å²) in [6, 6.07) is 0. The van der Waals surface area contributed by atoms with E-state index in [9.17, 15) is 0 Å². The van der Waals surface area contributed by atoms with Gasteiger partial charge in [0.1, 0.15) is 5.82 Å². The van der Waals surface area contributed by atoms with E-state index >= 15 is 0 Å². The van der Waals surface area contributed by atoms with E-state index in [1.807, 2.05) is 0 Å². The third kappa shape index (κ3) is 2.66. The second kappa shape index (κ2) is 4.60. The van der Waals surface area contributed by atoms with Crippen molar-refractivity contribution in [2.24, 2.45) is 0 Å². The van der Waals surface area contributed by atoms with Gasteiger partial charge in [-0.15, -0.1) is 0 Å². The number of hydrogen-bond donors (Lipinski definition) is 1. The summed E-state index contributed by atoms with van der Waals surface area (Å²) in [7, 11) is 0. The van der Waals surface area contributed by atoms with Gasteiger partial charge in [-0.3, -0.25) is 0 Å². The minimum Gasteiger partial charge on any atom is -0.345 e. The van der Waals surface area contributed by atoms with Crippen LogP contribution in [-0.4, -0.2) is 9.97 Å². The van der Waals surface area contributed by atoms with Gasteiger partial charge >= 0.3 is 0 Å². The van der Waals surface area contributed by atoms with Crippen LogP contribution in [-0.2, 0) is 5.41 Å². The van der Waals surface area contributed by atoms with Crippen molar-refractivity contribution in [3.63, 3.8) is 0 Å². The molecule has 0 fully saturated rings. The minimum atomic E-state index is 0.151. The van der Waals surface area contributed by atoms with E-state index in [0.29, 0.717) is 11.8 Å². The summed E-state index contributed by atoms with van der Waals surface area (Å²) in [6.07, 6.45) is 1.13. The van der Waals surface area contributed by atoms with Crippen LogP contribution in [0.15, 0.2) is 0 Å². The van der Waals surface area contributed by atoms with Gasteiger partial charge in [-0.1, -0.05) is 48.5 Å². The van der Waals surface area contributed by atoms with E-state index in [1.165, 1.54) is 11.4 Å². The Kier molecular flexibility index (Phi) is 3.82. The van der Waals surface area contributed by atoms with Gasteiger partial charge < -0.3 is 4.98 Å². The number of hydrogen-bond acceptors (Lipinski definition) is 1. The van der Waals surface area contributed by atoms with Crippen LogP contribution < -0.4 is 0 Å². The molecule has 0 bridgehead atoms. The van der Waals surface area contributed by atoms with Gasteiger partial charge in [0.05, 0.1) is 5.69 Å². The fourth-order valence-electron chi connectivity index (χ4n) is 1.82. The molecule has 0 saturated heterocycles. The standard InChI is InChI=1S/C14H26N2/c1-8-10(4)13-15-11(9(2)3)12(16-13)14(5,6)7/h9-10H,8H2,1-7H3,(H,15,16). The SMILES string of the molecule is CCC(C)c1nc(C(C)C)c(C(C)(C)C)[nH]1. The number of nitrogens with zero attached hydrogens (tertiary/aromatic N) is 1. The normalized spacial score (nSPS) is 14.5. The Bertz CT molecular complexity index is 342. The van der Waals surface area contributed by atoms with Gasteiger partial charge in [-0.2, -0.15) is 0 Å². The van der Waals surface area contributed by atoms with E-state index in [1.54, 1.807) is 0 Å². The summed E-state index contributed by atoms with van der Waals surface area (Å²) < 4.78 is 0. The maximum absolute atomic E-state index is 4.79. The largest absolute Gasteiger partial charge is 0.345 e. The first-order valence-electron chi connectivity index (χ1n) is 6.37. The maximum Gasteiger partial charge on any atom is 0.109 e. The molecule has 0 aliphatic carbocycles. The lowest BCUT2D eigenvalue weighted by atomic mass is 9.88. The monoisotopic (exact) mass is 222 g/mol. The Morgan fingerprint density at radius 3 is 2.06 bits per heavy atom. The van der Waals surface area contributed by atoms with E-state index < -0.39 is 0 Å². The Morgan fingerprint density at radius 2 is 1.75 bits per heavy atom. The molecule has 2 nitrogen and oxygen atoms in total. The lowest BCUT2D eigenvalue weighted by Gasteiger charge is -2.19. The lowest BCUT2D eigenvalue weighted by molar-refractivity contribution is 0.556. The molecule has 1 heterocycles. The first-order valence-corrected chi connectivity index (χ1v) is 6.37. The van der Waals surface area contributed by atoms with Crippen molar-refractivity contribution in [1.29, 1.82) is 0 Å². The number of imidazole rings is 1. The van der Waals surface area contributed by atoms with Crippen molar-refractivity contribution < 1.29 is 0 Å². The van der Waals surface area contributed by atoms with Crippen LogP contribution in [0.4, 0.5) is 0 Å². The van der Waals surface area contributed by atoms with Gasteiger partial charge in [-0.25, -0.2) is 4.98 Å². The van der Waals surface area contributed by atoms with Crippen molar-refractivity contribution in [2.45, 2.75) is 72.1 Å². The smallest absolute Gasteiger partial charge is 0.109 e. The third-order valence-electron chi connectivity index (χ3n) is 3.13. The van der Waals surface area contributed by atoms with Gasteiger partial charge in [0.2, 0.25) is 0 Å². The highest BCUT2D eigenvalue weighted by Crippen LogP contribution is 2.30. The van der Waals surface area contributed by atoms with Crippen LogP contribution in [0.5, 0.6) is 0 Å². The maximum atomic E-state index is 4.79. The first-order chi connectivity index (χ1) is 7.27. The molecule has 0 aromatic carbocycles. The van der Waals surface area contributed by atoms with Gasteiger partial charge in [0, 0.05) is 17.0 Å². The molecular formula is C14H26N2. The molecule has 0 aliphatic heterocycles. The highest BCUT2D eigenvalue weighted by molar-refractivity contribution is 5.25. The number of aromatic nitrogens is 2. The minimum absolute atomic E-state index is 0.151. The zero-order valence-electron chi connectivity index (χ0n) is 11.8. The molecule has 1 rings (SSSR count). The van der Waals surface area contributed by atoms with E-state index in [-0.39, 0.29) is 5.41 Å². The molecule has 0 saturated carbocycles. The molecule has 0 aliphatic rings. The van der Waals surface area contributed by atoms with Crippen molar-refractivity contribution in [2.75, 3.05) is 0 Å². The number of nitrogens with one attached hydrogen (secondary N) is 1. The predicted molar refractivity (Wildman–Crippen MR) is 70.1 cm³/mol. The summed E-state index contributed by atoms with van der Waals surface area (Å²) >= 11 is 0. The van der Waals surface area contributed by atoms with Crippen molar-refractivity contribution in [3.8, 4) is 0 Å². The van der Waals surface area contributed by atoms with Crippen LogP contribution >= 0.6 is 0 Å². The Balaban J connectivity index is 3.21. The second-order valence-corrected chi connectivity index (χ2v) is 6.10. The van der Waals surface area contributed by atoms with Gasteiger partial charge in [-0.05, 0) is 12.3 Å². The second-order valence-electron chi connectivity index (χ2n) is 6.10. The molecule has 1 unspecified atom stereocenters. The lowest BCUT2D eigenvalue weighted by Crippen LogP contribution is -2.15. The zero-order valence-corrected chi connectivity index (χ0v) is 11.8. The molecule has 92 valence electrons. The first kappa shape index (κ1) is 13.3. The predicted octanol–water partition coefficient (Wildman–Crippen LogP) is 4.34. The molecular weight excluding hydrogens is 196 g/mol. The van der Waals surface area contributed by atoms with Crippen molar-refractivity contribution in [3.05, 3.63) is 17.2 Å². The van der Waals surface area contributed by atoms with Crippen molar-refractivity contribution >= 4 is 0 Å². The molecule has 1 atom stereocenters. The Labute approximate surface area is 99.9 Å². The van der Waals surface area contributed by atoms with Crippen LogP contribution in [0, 0.1) is 0 Å². The van der Waals surface area contributed by atoms with E-state index in [0.717, 1.165) is 12.2 Å². The number of rotatable bonds is 3. The summed E-state index contributed by atoms with van der Waals surface area (Å²) in [4.78, 5) is 8.33. The van der Waals surface area contributed by atoms with Crippen LogP contribution in [0.25, 0.3) is 0 Å². The number of H-pyrrole nitrogens is 1. The topological polar surface area (TPSA) is 28.7 Å². The summed E-state index contributed by atoms with van der Waals surface area (Å²) in [6.45, 7) is 15.6.